The molecule has 1 aromatic carbocycles. The van der Waals surface area contributed by atoms with E-state index in [0.717, 1.165) is 37.9 Å². The Morgan fingerprint density at radius 3 is 2.54 bits per heavy atom. The monoisotopic (exact) mass is 387 g/mol. The van der Waals surface area contributed by atoms with Crippen LogP contribution in [-0.4, -0.2) is 94.2 Å². The molecule has 1 aromatic rings. The van der Waals surface area contributed by atoms with Crippen LogP contribution in [0.3, 0.4) is 0 Å². The van der Waals surface area contributed by atoms with E-state index >= 15 is 0 Å². The SMILES string of the molecule is CN=C(NCC(C)CN1CCN(C)CC1)N1CCC(c2ccc(OC)cc2)C1. The van der Waals surface area contributed by atoms with E-state index < -0.39 is 0 Å². The van der Waals surface area contributed by atoms with E-state index in [0.29, 0.717) is 11.8 Å². The Labute approximate surface area is 170 Å². The van der Waals surface area contributed by atoms with E-state index in [1.807, 2.05) is 7.05 Å². The van der Waals surface area contributed by atoms with Crippen molar-refractivity contribution in [2.45, 2.75) is 19.3 Å². The number of hydrogen-bond acceptors (Lipinski definition) is 4. The zero-order chi connectivity index (χ0) is 19.9. The molecular weight excluding hydrogens is 350 g/mol. The molecule has 2 heterocycles. The van der Waals surface area contributed by atoms with Crippen molar-refractivity contribution in [3.8, 4) is 5.75 Å². The number of likely N-dealkylation sites (tertiary alicyclic amines) is 1. The van der Waals surface area contributed by atoms with Gasteiger partial charge in [-0.2, -0.15) is 0 Å². The van der Waals surface area contributed by atoms with Gasteiger partial charge in [-0.05, 0) is 37.1 Å². The molecule has 6 nitrogen and oxygen atoms in total. The first-order chi connectivity index (χ1) is 13.6. The van der Waals surface area contributed by atoms with E-state index in [1.54, 1.807) is 7.11 Å². The maximum atomic E-state index is 5.28. The molecule has 2 unspecified atom stereocenters. The molecular formula is C22H37N5O. The van der Waals surface area contributed by atoms with Gasteiger partial charge in [-0.15, -0.1) is 0 Å². The van der Waals surface area contributed by atoms with Crippen LogP contribution < -0.4 is 10.1 Å². The maximum Gasteiger partial charge on any atom is 0.193 e. The van der Waals surface area contributed by atoms with Crippen molar-refractivity contribution in [2.75, 3.05) is 73.6 Å². The van der Waals surface area contributed by atoms with Gasteiger partial charge in [-0.25, -0.2) is 0 Å². The number of likely N-dealkylation sites (N-methyl/N-ethyl adjacent to an activating group) is 1. The average molecular weight is 388 g/mol. The lowest BCUT2D eigenvalue weighted by atomic mass is 9.98. The number of nitrogens with zero attached hydrogens (tertiary/aromatic N) is 4. The van der Waals surface area contributed by atoms with Crippen LogP contribution in [0, 0.1) is 5.92 Å². The summed E-state index contributed by atoms with van der Waals surface area (Å²) in [6.07, 6.45) is 1.17. The number of guanidine groups is 1. The number of methoxy groups -OCH3 is 1. The fourth-order valence-electron chi connectivity index (χ4n) is 4.23. The molecule has 0 aliphatic carbocycles. The van der Waals surface area contributed by atoms with E-state index in [9.17, 15) is 0 Å². The number of piperazine rings is 1. The second-order valence-corrected chi connectivity index (χ2v) is 8.34. The summed E-state index contributed by atoms with van der Waals surface area (Å²) in [6, 6.07) is 8.51. The van der Waals surface area contributed by atoms with Gasteiger partial charge in [0.05, 0.1) is 7.11 Å². The van der Waals surface area contributed by atoms with Gasteiger partial charge in [-0.1, -0.05) is 19.1 Å². The fraction of sp³-hybridized carbons (Fsp3) is 0.682. The Morgan fingerprint density at radius 1 is 1.18 bits per heavy atom. The first-order valence-corrected chi connectivity index (χ1v) is 10.6. The van der Waals surface area contributed by atoms with Crippen LogP contribution in [-0.2, 0) is 0 Å². The van der Waals surface area contributed by atoms with Gasteiger partial charge in [0.25, 0.3) is 0 Å². The minimum absolute atomic E-state index is 0.562. The molecule has 0 saturated carbocycles. The van der Waals surface area contributed by atoms with Gasteiger partial charge in [0.15, 0.2) is 5.96 Å². The predicted molar refractivity (Wildman–Crippen MR) is 116 cm³/mol. The van der Waals surface area contributed by atoms with Gasteiger partial charge in [0.2, 0.25) is 0 Å². The molecule has 28 heavy (non-hydrogen) atoms. The number of rotatable bonds is 6. The lowest BCUT2D eigenvalue weighted by Crippen LogP contribution is -2.48. The first kappa shape index (κ1) is 20.9. The zero-order valence-electron chi connectivity index (χ0n) is 18.0. The molecule has 156 valence electrons. The molecule has 2 aliphatic heterocycles. The molecule has 0 amide bonds. The second kappa shape index (κ2) is 10.1. The minimum Gasteiger partial charge on any atom is -0.497 e. The van der Waals surface area contributed by atoms with Gasteiger partial charge >= 0.3 is 0 Å². The molecule has 6 heteroatoms. The molecule has 2 saturated heterocycles. The molecule has 0 radical (unpaired) electrons. The van der Waals surface area contributed by atoms with Crippen molar-refractivity contribution >= 4 is 5.96 Å². The highest BCUT2D eigenvalue weighted by Gasteiger charge is 2.26. The quantitative estimate of drug-likeness (QED) is 0.597. The number of hydrogen-bond donors (Lipinski definition) is 1. The van der Waals surface area contributed by atoms with E-state index in [-0.39, 0.29) is 0 Å². The van der Waals surface area contributed by atoms with E-state index in [4.69, 9.17) is 4.74 Å². The van der Waals surface area contributed by atoms with Crippen molar-refractivity contribution in [3.05, 3.63) is 29.8 Å². The second-order valence-electron chi connectivity index (χ2n) is 8.34. The van der Waals surface area contributed by atoms with Crippen LogP contribution in [0.25, 0.3) is 0 Å². The zero-order valence-corrected chi connectivity index (χ0v) is 18.0. The largest absolute Gasteiger partial charge is 0.497 e. The topological polar surface area (TPSA) is 43.3 Å². The third-order valence-electron chi connectivity index (χ3n) is 6.06. The van der Waals surface area contributed by atoms with Gasteiger partial charge < -0.3 is 24.8 Å². The summed E-state index contributed by atoms with van der Waals surface area (Å²) >= 11 is 0. The lowest BCUT2D eigenvalue weighted by molar-refractivity contribution is 0.139. The van der Waals surface area contributed by atoms with Crippen LogP contribution in [0.5, 0.6) is 5.75 Å². The van der Waals surface area contributed by atoms with Crippen molar-refractivity contribution in [2.24, 2.45) is 10.9 Å². The van der Waals surface area contributed by atoms with E-state index in [2.05, 4.69) is 63.2 Å². The third kappa shape index (κ3) is 5.61. The van der Waals surface area contributed by atoms with Crippen LogP contribution in [0.2, 0.25) is 0 Å². The van der Waals surface area contributed by atoms with Crippen LogP contribution in [0.1, 0.15) is 24.8 Å². The predicted octanol–water partition coefficient (Wildman–Crippen LogP) is 1.94. The Hall–Kier alpha value is -1.79. The van der Waals surface area contributed by atoms with Crippen LogP contribution in [0.15, 0.2) is 29.3 Å². The molecule has 2 aliphatic rings. The molecule has 2 atom stereocenters. The third-order valence-corrected chi connectivity index (χ3v) is 6.06. The normalized spacial score (nSPS) is 23.1. The van der Waals surface area contributed by atoms with Crippen molar-refractivity contribution in [3.63, 3.8) is 0 Å². The van der Waals surface area contributed by atoms with Crippen molar-refractivity contribution in [1.82, 2.24) is 20.0 Å². The molecule has 1 N–H and O–H groups in total. The molecule has 0 aromatic heterocycles. The Bertz CT molecular complexity index is 624. The number of nitrogens with one attached hydrogen (secondary N) is 1. The molecule has 0 bridgehead atoms. The summed E-state index contributed by atoms with van der Waals surface area (Å²) in [6.45, 7) is 11.3. The fourth-order valence-corrected chi connectivity index (χ4v) is 4.23. The minimum atomic E-state index is 0.562. The standard InChI is InChI=1S/C22H37N5O/c1-18(16-26-13-11-25(3)12-14-26)15-24-22(23-2)27-10-9-20(17-27)19-5-7-21(28-4)8-6-19/h5-8,18,20H,9-17H2,1-4H3,(H,23,24). The number of aliphatic imine (C=N–C) groups is 1. The lowest BCUT2D eigenvalue weighted by Gasteiger charge is -2.34. The first-order valence-electron chi connectivity index (χ1n) is 10.6. The van der Waals surface area contributed by atoms with Crippen LogP contribution in [0.4, 0.5) is 0 Å². The van der Waals surface area contributed by atoms with E-state index in [1.165, 1.54) is 38.2 Å². The van der Waals surface area contributed by atoms with Crippen molar-refractivity contribution in [1.29, 1.82) is 0 Å². The summed E-state index contributed by atoms with van der Waals surface area (Å²) in [5.41, 5.74) is 1.39. The Balaban J connectivity index is 1.44. The van der Waals surface area contributed by atoms with Gasteiger partial charge in [0, 0.05) is 65.3 Å². The number of benzene rings is 1. The van der Waals surface area contributed by atoms with Gasteiger partial charge in [0.1, 0.15) is 5.75 Å². The van der Waals surface area contributed by atoms with Crippen molar-refractivity contribution < 1.29 is 4.74 Å². The number of ether oxygens (including phenoxy) is 1. The highest BCUT2D eigenvalue weighted by molar-refractivity contribution is 5.80. The smallest absolute Gasteiger partial charge is 0.193 e. The molecule has 0 spiro atoms. The van der Waals surface area contributed by atoms with Crippen LogP contribution >= 0.6 is 0 Å². The highest BCUT2D eigenvalue weighted by atomic mass is 16.5. The summed E-state index contributed by atoms with van der Waals surface area (Å²) in [5, 5.41) is 3.62. The summed E-state index contributed by atoms with van der Waals surface area (Å²) in [4.78, 5) is 11.9. The highest BCUT2D eigenvalue weighted by Crippen LogP contribution is 2.28. The Kier molecular flexibility index (Phi) is 7.57. The van der Waals surface area contributed by atoms with Gasteiger partial charge in [-0.3, -0.25) is 4.99 Å². The molecule has 3 rings (SSSR count). The average Bonchev–Trinajstić information content (AvgIpc) is 3.20. The maximum absolute atomic E-state index is 5.28. The summed E-state index contributed by atoms with van der Waals surface area (Å²) in [5.74, 6) is 3.14. The summed E-state index contributed by atoms with van der Waals surface area (Å²) < 4.78 is 5.28. The molecule has 2 fully saturated rings. The Morgan fingerprint density at radius 2 is 1.89 bits per heavy atom. The summed E-state index contributed by atoms with van der Waals surface area (Å²) in [7, 11) is 5.82.